The normalized spacial score (nSPS) is 15.5. The predicted molar refractivity (Wildman–Crippen MR) is 98.0 cm³/mol. The van der Waals surface area contributed by atoms with Gasteiger partial charge in [-0.15, -0.1) is 0 Å². The number of thiophene rings is 1. The number of ether oxygens (including phenoxy) is 1. The summed E-state index contributed by atoms with van der Waals surface area (Å²) >= 11 is 7.49. The first-order chi connectivity index (χ1) is 11.7. The Bertz CT molecular complexity index is 638. The third-order valence-corrected chi connectivity index (χ3v) is 5.13. The Kier molecular flexibility index (Phi) is 6.12. The molecule has 24 heavy (non-hydrogen) atoms. The fourth-order valence-corrected chi connectivity index (χ4v) is 3.52. The molecule has 0 bridgehead atoms. The minimum Gasteiger partial charge on any atom is -0.492 e. The number of carbonyl (C=O) groups is 1. The van der Waals surface area contributed by atoms with Gasteiger partial charge in [-0.3, -0.25) is 9.69 Å². The summed E-state index contributed by atoms with van der Waals surface area (Å²) in [5.41, 5.74) is 1.11. The highest BCUT2D eigenvalue weighted by molar-refractivity contribution is 7.08. The van der Waals surface area contributed by atoms with Gasteiger partial charge in [0, 0.05) is 37.7 Å². The lowest BCUT2D eigenvalue weighted by molar-refractivity contribution is -0.132. The second-order valence-electron chi connectivity index (χ2n) is 5.83. The van der Waals surface area contributed by atoms with Gasteiger partial charge >= 0.3 is 0 Å². The fraction of sp³-hybridized carbons (Fsp3) is 0.389. The zero-order valence-electron chi connectivity index (χ0n) is 13.5. The van der Waals surface area contributed by atoms with Gasteiger partial charge in [-0.1, -0.05) is 11.6 Å². The zero-order valence-corrected chi connectivity index (χ0v) is 15.1. The molecule has 1 amide bonds. The second kappa shape index (κ2) is 8.51. The molecule has 0 unspecified atom stereocenters. The Hall–Kier alpha value is -1.56. The zero-order chi connectivity index (χ0) is 16.8. The van der Waals surface area contributed by atoms with E-state index in [-0.39, 0.29) is 5.91 Å². The molecule has 1 aromatic heterocycles. The van der Waals surface area contributed by atoms with Gasteiger partial charge < -0.3 is 9.64 Å². The smallest absolute Gasteiger partial charge is 0.227 e. The molecule has 1 aliphatic heterocycles. The Balaban J connectivity index is 1.36. The summed E-state index contributed by atoms with van der Waals surface area (Å²) in [5.74, 6) is 1.06. The number of hydrogen-bond acceptors (Lipinski definition) is 4. The number of amides is 1. The average Bonchev–Trinajstić information content (AvgIpc) is 3.10. The Morgan fingerprint density at radius 2 is 1.88 bits per heavy atom. The van der Waals surface area contributed by atoms with Gasteiger partial charge in [0.15, 0.2) is 0 Å². The summed E-state index contributed by atoms with van der Waals surface area (Å²) in [6.07, 6.45) is 0.517. The molecule has 1 aliphatic rings. The Morgan fingerprint density at radius 1 is 1.12 bits per heavy atom. The van der Waals surface area contributed by atoms with Gasteiger partial charge in [0.25, 0.3) is 0 Å². The van der Waals surface area contributed by atoms with Crippen molar-refractivity contribution in [3.8, 4) is 5.75 Å². The van der Waals surface area contributed by atoms with Gasteiger partial charge in [-0.05, 0) is 46.7 Å². The van der Waals surface area contributed by atoms with Crippen LogP contribution in [-0.4, -0.2) is 55.0 Å². The summed E-state index contributed by atoms with van der Waals surface area (Å²) in [4.78, 5) is 16.6. The van der Waals surface area contributed by atoms with Crippen molar-refractivity contribution in [2.45, 2.75) is 6.42 Å². The van der Waals surface area contributed by atoms with Crippen LogP contribution in [0.5, 0.6) is 5.75 Å². The first-order valence-corrected chi connectivity index (χ1v) is 9.42. The molecule has 0 radical (unpaired) electrons. The van der Waals surface area contributed by atoms with Crippen LogP contribution in [0.3, 0.4) is 0 Å². The van der Waals surface area contributed by atoms with Crippen LogP contribution in [0.1, 0.15) is 5.56 Å². The maximum absolute atomic E-state index is 12.3. The summed E-state index contributed by atoms with van der Waals surface area (Å²) in [6.45, 7) is 4.91. The molecule has 0 spiro atoms. The molecule has 1 fully saturated rings. The van der Waals surface area contributed by atoms with E-state index in [1.165, 1.54) is 0 Å². The number of nitrogens with zero attached hydrogens (tertiary/aromatic N) is 2. The first-order valence-electron chi connectivity index (χ1n) is 8.10. The van der Waals surface area contributed by atoms with E-state index in [0.717, 1.165) is 44.0 Å². The molecule has 2 aromatic rings. The maximum Gasteiger partial charge on any atom is 0.227 e. The van der Waals surface area contributed by atoms with Gasteiger partial charge in [-0.2, -0.15) is 11.3 Å². The molecule has 128 valence electrons. The van der Waals surface area contributed by atoms with Gasteiger partial charge in [0.1, 0.15) is 12.4 Å². The van der Waals surface area contributed by atoms with E-state index in [0.29, 0.717) is 18.1 Å². The lowest BCUT2D eigenvalue weighted by Gasteiger charge is -2.34. The van der Waals surface area contributed by atoms with Crippen LogP contribution >= 0.6 is 22.9 Å². The SMILES string of the molecule is O=C(Cc1ccsc1)N1CCN(CCOc2ccc(Cl)cc2)CC1. The number of carbonyl (C=O) groups excluding carboxylic acids is 1. The van der Waals surface area contributed by atoms with Crippen molar-refractivity contribution in [3.05, 3.63) is 51.7 Å². The van der Waals surface area contributed by atoms with E-state index in [4.69, 9.17) is 16.3 Å². The summed E-state index contributed by atoms with van der Waals surface area (Å²) in [5, 5.41) is 4.77. The van der Waals surface area contributed by atoms with Crippen LogP contribution < -0.4 is 4.74 Å². The molecule has 4 nitrogen and oxygen atoms in total. The largest absolute Gasteiger partial charge is 0.492 e. The number of piperazine rings is 1. The van der Waals surface area contributed by atoms with Gasteiger partial charge in [-0.25, -0.2) is 0 Å². The summed E-state index contributed by atoms with van der Waals surface area (Å²) in [7, 11) is 0. The maximum atomic E-state index is 12.3. The van der Waals surface area contributed by atoms with Crippen molar-refractivity contribution in [2.24, 2.45) is 0 Å². The lowest BCUT2D eigenvalue weighted by atomic mass is 10.2. The molecule has 0 saturated carbocycles. The van der Waals surface area contributed by atoms with Crippen LogP contribution in [-0.2, 0) is 11.2 Å². The highest BCUT2D eigenvalue weighted by atomic mass is 35.5. The number of benzene rings is 1. The van der Waals surface area contributed by atoms with Crippen LogP contribution in [0, 0.1) is 0 Å². The molecule has 1 saturated heterocycles. The van der Waals surface area contributed by atoms with Crippen LogP contribution in [0.25, 0.3) is 0 Å². The Morgan fingerprint density at radius 3 is 2.54 bits per heavy atom. The quantitative estimate of drug-likeness (QED) is 0.789. The summed E-state index contributed by atoms with van der Waals surface area (Å²) < 4.78 is 5.73. The lowest BCUT2D eigenvalue weighted by Crippen LogP contribution is -2.49. The van der Waals surface area contributed by atoms with Crippen molar-refractivity contribution in [2.75, 3.05) is 39.3 Å². The fourth-order valence-electron chi connectivity index (χ4n) is 2.72. The van der Waals surface area contributed by atoms with E-state index in [9.17, 15) is 4.79 Å². The van der Waals surface area contributed by atoms with Crippen LogP contribution in [0.2, 0.25) is 5.02 Å². The molecule has 1 aromatic carbocycles. The van der Waals surface area contributed by atoms with Crippen molar-refractivity contribution in [1.82, 2.24) is 9.80 Å². The van der Waals surface area contributed by atoms with Crippen LogP contribution in [0.15, 0.2) is 41.1 Å². The van der Waals surface area contributed by atoms with Crippen molar-refractivity contribution in [3.63, 3.8) is 0 Å². The first kappa shape index (κ1) is 17.3. The van der Waals surface area contributed by atoms with E-state index >= 15 is 0 Å². The van der Waals surface area contributed by atoms with Gasteiger partial charge in [0.2, 0.25) is 5.91 Å². The monoisotopic (exact) mass is 364 g/mol. The Labute approximate surface area is 151 Å². The standard InChI is InChI=1S/C18H21ClN2O2S/c19-16-1-3-17(4-2-16)23-11-10-20-6-8-21(9-7-20)18(22)13-15-5-12-24-14-15/h1-5,12,14H,6-11,13H2. The van der Waals surface area contributed by atoms with Crippen molar-refractivity contribution < 1.29 is 9.53 Å². The third-order valence-electron chi connectivity index (χ3n) is 4.15. The molecule has 3 rings (SSSR count). The number of halogens is 1. The topological polar surface area (TPSA) is 32.8 Å². The highest BCUT2D eigenvalue weighted by Gasteiger charge is 2.21. The third kappa shape index (κ3) is 4.97. The predicted octanol–water partition coefficient (Wildman–Crippen LogP) is 3.17. The molecule has 0 aliphatic carbocycles. The molecule has 0 N–H and O–H groups in total. The average molecular weight is 365 g/mol. The van der Waals surface area contributed by atoms with E-state index < -0.39 is 0 Å². The minimum atomic E-state index is 0.227. The van der Waals surface area contributed by atoms with Crippen molar-refractivity contribution in [1.29, 1.82) is 0 Å². The molecule has 2 heterocycles. The van der Waals surface area contributed by atoms with Crippen molar-refractivity contribution >= 4 is 28.8 Å². The number of rotatable bonds is 6. The molecule has 6 heteroatoms. The molecular weight excluding hydrogens is 344 g/mol. The van der Waals surface area contributed by atoms with E-state index in [1.807, 2.05) is 46.0 Å². The van der Waals surface area contributed by atoms with E-state index in [1.54, 1.807) is 11.3 Å². The molecular formula is C18H21ClN2O2S. The molecule has 0 atom stereocenters. The minimum absolute atomic E-state index is 0.227. The van der Waals surface area contributed by atoms with Crippen LogP contribution in [0.4, 0.5) is 0 Å². The highest BCUT2D eigenvalue weighted by Crippen LogP contribution is 2.15. The van der Waals surface area contributed by atoms with Gasteiger partial charge in [0.05, 0.1) is 6.42 Å². The second-order valence-corrected chi connectivity index (χ2v) is 7.05. The number of hydrogen-bond donors (Lipinski definition) is 0. The summed E-state index contributed by atoms with van der Waals surface area (Å²) in [6, 6.07) is 9.43. The van der Waals surface area contributed by atoms with E-state index in [2.05, 4.69) is 4.90 Å².